The van der Waals surface area contributed by atoms with Crippen molar-refractivity contribution in [1.82, 2.24) is 9.62 Å². The minimum Gasteiger partial charge on any atom is -0.497 e. The molecule has 178 valence electrons. The third kappa shape index (κ3) is 6.23. The summed E-state index contributed by atoms with van der Waals surface area (Å²) in [5, 5.41) is 5.51. The molecule has 1 fully saturated rings. The molecule has 9 nitrogen and oxygen atoms in total. The summed E-state index contributed by atoms with van der Waals surface area (Å²) in [5.74, 6) is 0.140. The summed E-state index contributed by atoms with van der Waals surface area (Å²) in [4.78, 5) is 25.0. The number of hydrogen-bond acceptors (Lipinski definition) is 6. The molecule has 1 unspecified atom stereocenters. The van der Waals surface area contributed by atoms with Gasteiger partial charge < -0.3 is 20.1 Å². The maximum absolute atomic E-state index is 13.0. The lowest BCUT2D eigenvalue weighted by Crippen LogP contribution is -2.45. The van der Waals surface area contributed by atoms with E-state index in [4.69, 9.17) is 9.47 Å². The molecule has 1 saturated heterocycles. The molecule has 1 aliphatic rings. The van der Waals surface area contributed by atoms with Gasteiger partial charge in [-0.3, -0.25) is 9.59 Å². The number of nitrogens with zero attached hydrogens (tertiary/aromatic N) is 1. The van der Waals surface area contributed by atoms with E-state index in [2.05, 4.69) is 10.6 Å². The molecule has 0 saturated carbocycles. The third-order valence-corrected chi connectivity index (χ3v) is 7.36. The van der Waals surface area contributed by atoms with Gasteiger partial charge in [0.15, 0.2) is 0 Å². The standard InChI is InChI=1S/C23H29N3O6S/c1-31-18-9-11-19(12-10-18)33(29,30)26-15-5-6-17(16-26)23(28)24-14-13-22(27)25-20-7-3-4-8-21(20)32-2/h3-4,7-12,17H,5-6,13-16H2,1-2H3,(H,24,28)(H,25,27). The van der Waals surface area contributed by atoms with Gasteiger partial charge in [-0.15, -0.1) is 0 Å². The second-order valence-corrected chi connectivity index (χ2v) is 9.61. The Morgan fingerprint density at radius 3 is 2.48 bits per heavy atom. The number of ether oxygens (including phenoxy) is 2. The van der Waals surface area contributed by atoms with Crippen LogP contribution in [0.4, 0.5) is 5.69 Å². The number of rotatable bonds is 9. The molecule has 1 heterocycles. The van der Waals surface area contributed by atoms with Gasteiger partial charge in [-0.05, 0) is 49.2 Å². The first-order chi connectivity index (χ1) is 15.8. The van der Waals surface area contributed by atoms with Gasteiger partial charge in [0.05, 0.1) is 30.7 Å². The van der Waals surface area contributed by atoms with E-state index >= 15 is 0 Å². The smallest absolute Gasteiger partial charge is 0.243 e. The monoisotopic (exact) mass is 475 g/mol. The number of nitrogens with one attached hydrogen (secondary N) is 2. The third-order valence-electron chi connectivity index (χ3n) is 5.48. The Kier molecular flexibility index (Phi) is 8.29. The van der Waals surface area contributed by atoms with Crippen molar-refractivity contribution >= 4 is 27.5 Å². The van der Waals surface area contributed by atoms with Crippen LogP contribution in [-0.2, 0) is 19.6 Å². The van der Waals surface area contributed by atoms with Crippen molar-refractivity contribution in [1.29, 1.82) is 0 Å². The maximum Gasteiger partial charge on any atom is 0.243 e. The summed E-state index contributed by atoms with van der Waals surface area (Å²) in [6, 6.07) is 13.2. The molecule has 2 aromatic carbocycles. The average molecular weight is 476 g/mol. The van der Waals surface area contributed by atoms with E-state index in [-0.39, 0.29) is 36.2 Å². The number of anilines is 1. The molecule has 0 aromatic heterocycles. The molecule has 1 aliphatic heterocycles. The van der Waals surface area contributed by atoms with Crippen molar-refractivity contribution in [3.05, 3.63) is 48.5 Å². The maximum atomic E-state index is 13.0. The number of piperidine rings is 1. The zero-order valence-corrected chi connectivity index (χ0v) is 19.6. The Hall–Kier alpha value is -3.11. The molecule has 0 bridgehead atoms. The largest absolute Gasteiger partial charge is 0.497 e. The van der Waals surface area contributed by atoms with Crippen LogP contribution in [0.1, 0.15) is 19.3 Å². The van der Waals surface area contributed by atoms with E-state index < -0.39 is 15.9 Å². The predicted octanol–water partition coefficient (Wildman–Crippen LogP) is 2.25. The Bertz CT molecular complexity index is 1070. The lowest BCUT2D eigenvalue weighted by atomic mass is 9.99. The molecule has 2 N–H and O–H groups in total. The Morgan fingerprint density at radius 2 is 1.79 bits per heavy atom. The second-order valence-electron chi connectivity index (χ2n) is 7.67. The summed E-state index contributed by atoms with van der Waals surface area (Å²) in [7, 11) is -0.672. The summed E-state index contributed by atoms with van der Waals surface area (Å²) in [6.07, 6.45) is 1.26. The first-order valence-electron chi connectivity index (χ1n) is 10.7. The van der Waals surface area contributed by atoms with Gasteiger partial charge in [0.25, 0.3) is 0 Å². The van der Waals surface area contributed by atoms with Crippen molar-refractivity contribution in [3.63, 3.8) is 0 Å². The number of carbonyl (C=O) groups is 2. The van der Waals surface area contributed by atoms with Crippen LogP contribution in [0.15, 0.2) is 53.4 Å². The predicted molar refractivity (Wildman–Crippen MR) is 124 cm³/mol. The number of benzene rings is 2. The number of para-hydroxylation sites is 2. The fraction of sp³-hybridized carbons (Fsp3) is 0.391. The lowest BCUT2D eigenvalue weighted by molar-refractivity contribution is -0.126. The quantitative estimate of drug-likeness (QED) is 0.575. The van der Waals surface area contributed by atoms with Crippen molar-refractivity contribution in [3.8, 4) is 11.5 Å². The SMILES string of the molecule is COc1ccc(S(=O)(=O)N2CCCC(C(=O)NCCC(=O)Nc3ccccc3OC)C2)cc1. The van der Waals surface area contributed by atoms with Gasteiger partial charge in [0, 0.05) is 26.1 Å². The van der Waals surface area contributed by atoms with Crippen LogP contribution in [0.5, 0.6) is 11.5 Å². The highest BCUT2D eigenvalue weighted by Gasteiger charge is 2.33. The first-order valence-corrected chi connectivity index (χ1v) is 12.1. The highest BCUT2D eigenvalue weighted by molar-refractivity contribution is 7.89. The van der Waals surface area contributed by atoms with E-state index in [1.165, 1.54) is 30.7 Å². The normalized spacial score (nSPS) is 16.6. The van der Waals surface area contributed by atoms with E-state index in [1.807, 2.05) is 0 Å². The Morgan fingerprint density at radius 1 is 1.06 bits per heavy atom. The van der Waals surface area contributed by atoms with Crippen LogP contribution in [0.3, 0.4) is 0 Å². The highest BCUT2D eigenvalue weighted by atomic mass is 32.2. The number of methoxy groups -OCH3 is 2. The molecule has 0 radical (unpaired) electrons. The minimum atomic E-state index is -3.71. The summed E-state index contributed by atoms with van der Waals surface area (Å²) in [6.45, 7) is 0.620. The zero-order chi connectivity index (χ0) is 23.8. The van der Waals surface area contributed by atoms with Crippen LogP contribution in [0, 0.1) is 5.92 Å². The molecular weight excluding hydrogens is 446 g/mol. The van der Waals surface area contributed by atoms with Crippen LogP contribution < -0.4 is 20.1 Å². The Labute approximate surface area is 194 Å². The van der Waals surface area contributed by atoms with E-state index in [9.17, 15) is 18.0 Å². The van der Waals surface area contributed by atoms with Crippen LogP contribution in [0.25, 0.3) is 0 Å². The minimum absolute atomic E-state index is 0.0877. The topological polar surface area (TPSA) is 114 Å². The average Bonchev–Trinajstić information content (AvgIpc) is 2.84. The molecule has 1 atom stereocenters. The van der Waals surface area contributed by atoms with E-state index in [1.54, 1.807) is 36.4 Å². The second kappa shape index (κ2) is 11.2. The molecule has 3 rings (SSSR count). The number of sulfonamides is 1. The summed E-state index contributed by atoms with van der Waals surface area (Å²) in [5.41, 5.74) is 0.558. The zero-order valence-electron chi connectivity index (χ0n) is 18.7. The first kappa shape index (κ1) is 24.5. The Balaban J connectivity index is 1.51. The van der Waals surface area contributed by atoms with Crippen molar-refractivity contribution in [2.75, 3.05) is 39.2 Å². The molecule has 2 aromatic rings. The fourth-order valence-corrected chi connectivity index (χ4v) is 5.20. The van der Waals surface area contributed by atoms with Gasteiger partial charge in [0.1, 0.15) is 11.5 Å². The number of amides is 2. The van der Waals surface area contributed by atoms with Gasteiger partial charge in [0.2, 0.25) is 21.8 Å². The van der Waals surface area contributed by atoms with Gasteiger partial charge >= 0.3 is 0 Å². The van der Waals surface area contributed by atoms with Crippen LogP contribution in [0.2, 0.25) is 0 Å². The van der Waals surface area contributed by atoms with Crippen molar-refractivity contribution < 1.29 is 27.5 Å². The van der Waals surface area contributed by atoms with Crippen molar-refractivity contribution in [2.24, 2.45) is 5.92 Å². The molecule has 2 amide bonds. The molecule has 10 heteroatoms. The van der Waals surface area contributed by atoms with Gasteiger partial charge in [-0.2, -0.15) is 4.31 Å². The molecule has 0 spiro atoms. The molecule has 33 heavy (non-hydrogen) atoms. The van der Waals surface area contributed by atoms with Crippen LogP contribution in [-0.4, -0.2) is 58.4 Å². The number of hydrogen-bond donors (Lipinski definition) is 2. The van der Waals surface area contributed by atoms with Crippen LogP contribution >= 0.6 is 0 Å². The molecule has 0 aliphatic carbocycles. The summed E-state index contributed by atoms with van der Waals surface area (Å²) >= 11 is 0. The lowest BCUT2D eigenvalue weighted by Gasteiger charge is -2.31. The van der Waals surface area contributed by atoms with Gasteiger partial charge in [-0.25, -0.2) is 8.42 Å². The fourth-order valence-electron chi connectivity index (χ4n) is 3.68. The van der Waals surface area contributed by atoms with E-state index in [0.29, 0.717) is 36.6 Å². The van der Waals surface area contributed by atoms with Crippen molar-refractivity contribution in [2.45, 2.75) is 24.2 Å². The highest BCUT2D eigenvalue weighted by Crippen LogP contribution is 2.25. The molecular formula is C23H29N3O6S. The number of carbonyl (C=O) groups excluding carboxylic acids is 2. The van der Waals surface area contributed by atoms with E-state index in [0.717, 1.165) is 0 Å². The van der Waals surface area contributed by atoms with Gasteiger partial charge in [-0.1, -0.05) is 12.1 Å². The summed E-state index contributed by atoms with van der Waals surface area (Å²) < 4.78 is 37.6.